The van der Waals surface area contributed by atoms with Crippen molar-refractivity contribution in [1.29, 1.82) is 0 Å². The Labute approximate surface area is 129 Å². The summed E-state index contributed by atoms with van der Waals surface area (Å²) in [6, 6.07) is 0. The monoisotopic (exact) mass is 314 g/mol. The fraction of sp³-hybridized carbons (Fsp3) is 0.714. The Balaban J connectivity index is 1.71. The minimum Gasteiger partial charge on any atom is -0.355 e. The first-order valence-electron chi connectivity index (χ1n) is 7.67. The van der Waals surface area contributed by atoms with E-state index in [1.165, 1.54) is 31.7 Å². The molecule has 1 fully saturated rings. The van der Waals surface area contributed by atoms with Crippen molar-refractivity contribution in [3.8, 4) is 0 Å². The summed E-state index contributed by atoms with van der Waals surface area (Å²) in [5.41, 5.74) is 0. The summed E-state index contributed by atoms with van der Waals surface area (Å²) in [6.07, 6.45) is 6.50. The number of rotatable bonds is 6. The summed E-state index contributed by atoms with van der Waals surface area (Å²) >= 11 is 0. The third-order valence-electron chi connectivity index (χ3n) is 3.77. The van der Waals surface area contributed by atoms with Gasteiger partial charge in [0.05, 0.1) is 6.54 Å². The first kappa shape index (κ1) is 16.7. The van der Waals surface area contributed by atoms with Crippen LogP contribution >= 0.6 is 0 Å². The second kappa shape index (κ2) is 8.67. The molecular formula is C14H24F2N6. The van der Waals surface area contributed by atoms with E-state index in [0.717, 1.165) is 30.7 Å². The molecule has 0 saturated carbocycles. The summed E-state index contributed by atoms with van der Waals surface area (Å²) in [5.74, 6) is 0.884. The van der Waals surface area contributed by atoms with Crippen LogP contribution < -0.4 is 10.6 Å². The van der Waals surface area contributed by atoms with E-state index < -0.39 is 6.55 Å². The van der Waals surface area contributed by atoms with Crippen LogP contribution in [0, 0.1) is 0 Å². The van der Waals surface area contributed by atoms with Gasteiger partial charge in [0, 0.05) is 32.5 Å². The van der Waals surface area contributed by atoms with Gasteiger partial charge in [-0.1, -0.05) is 6.42 Å². The summed E-state index contributed by atoms with van der Waals surface area (Å²) in [6.45, 7) is 1.68. The van der Waals surface area contributed by atoms with E-state index in [0.29, 0.717) is 5.96 Å². The van der Waals surface area contributed by atoms with Gasteiger partial charge in [0.2, 0.25) is 0 Å². The van der Waals surface area contributed by atoms with E-state index in [9.17, 15) is 8.78 Å². The Morgan fingerprint density at radius 3 is 2.77 bits per heavy atom. The van der Waals surface area contributed by atoms with E-state index in [4.69, 9.17) is 0 Å². The number of nitrogens with zero attached hydrogens (tertiary/aromatic N) is 4. The number of aromatic nitrogens is 2. The molecule has 6 nitrogen and oxygen atoms in total. The first-order valence-corrected chi connectivity index (χ1v) is 7.67. The first-order chi connectivity index (χ1) is 10.7. The van der Waals surface area contributed by atoms with E-state index in [1.807, 2.05) is 0 Å². The van der Waals surface area contributed by atoms with Gasteiger partial charge in [0.15, 0.2) is 5.96 Å². The Morgan fingerprint density at radius 1 is 1.32 bits per heavy atom. The standard InChI is InChI=1S/C14H24F2N6/c1-17-14(19-5-9-21-7-3-2-4-8-21)20-11-12-18-6-10-22(12)13(15)16/h6,10,13H,2-5,7-9,11H2,1H3,(H2,17,19,20). The van der Waals surface area contributed by atoms with Gasteiger partial charge in [0.1, 0.15) is 5.82 Å². The summed E-state index contributed by atoms with van der Waals surface area (Å²) in [4.78, 5) is 10.4. The molecule has 0 aliphatic carbocycles. The molecule has 2 N–H and O–H groups in total. The molecule has 1 aliphatic rings. The number of aliphatic imine (C=N–C) groups is 1. The summed E-state index contributed by atoms with van der Waals surface area (Å²) in [5, 5.41) is 6.21. The predicted octanol–water partition coefficient (Wildman–Crippen LogP) is 1.43. The Hall–Kier alpha value is -1.70. The van der Waals surface area contributed by atoms with Crippen molar-refractivity contribution >= 4 is 5.96 Å². The lowest BCUT2D eigenvalue weighted by molar-refractivity contribution is 0.0668. The highest BCUT2D eigenvalue weighted by molar-refractivity contribution is 5.79. The SMILES string of the molecule is CN=C(NCCN1CCCCC1)NCc1nccn1C(F)F. The number of imidazole rings is 1. The van der Waals surface area contributed by atoms with Gasteiger partial charge >= 0.3 is 6.55 Å². The predicted molar refractivity (Wildman–Crippen MR) is 82.0 cm³/mol. The van der Waals surface area contributed by atoms with Gasteiger partial charge in [-0.15, -0.1) is 0 Å². The fourth-order valence-electron chi connectivity index (χ4n) is 2.56. The highest BCUT2D eigenvalue weighted by Crippen LogP contribution is 2.11. The van der Waals surface area contributed by atoms with Crippen LogP contribution in [0.1, 0.15) is 31.6 Å². The zero-order valence-corrected chi connectivity index (χ0v) is 12.9. The molecule has 0 atom stereocenters. The van der Waals surface area contributed by atoms with Crippen LogP contribution in [0.5, 0.6) is 0 Å². The van der Waals surface area contributed by atoms with Crippen molar-refractivity contribution in [2.24, 2.45) is 4.99 Å². The van der Waals surface area contributed by atoms with Gasteiger partial charge in [0.25, 0.3) is 0 Å². The molecule has 2 heterocycles. The molecule has 1 aromatic rings. The number of hydrogen-bond donors (Lipinski definition) is 2. The van der Waals surface area contributed by atoms with Crippen molar-refractivity contribution < 1.29 is 8.78 Å². The van der Waals surface area contributed by atoms with Crippen LogP contribution in [0.15, 0.2) is 17.4 Å². The van der Waals surface area contributed by atoms with Gasteiger partial charge in [-0.2, -0.15) is 8.78 Å². The maximum Gasteiger partial charge on any atom is 0.319 e. The second-order valence-electron chi connectivity index (χ2n) is 5.28. The minimum absolute atomic E-state index is 0.209. The highest BCUT2D eigenvalue weighted by atomic mass is 19.3. The number of nitrogens with one attached hydrogen (secondary N) is 2. The van der Waals surface area contributed by atoms with Crippen molar-refractivity contribution in [3.63, 3.8) is 0 Å². The van der Waals surface area contributed by atoms with E-state index >= 15 is 0 Å². The quantitative estimate of drug-likeness (QED) is 0.616. The van der Waals surface area contributed by atoms with Crippen molar-refractivity contribution in [2.45, 2.75) is 32.4 Å². The van der Waals surface area contributed by atoms with Crippen molar-refractivity contribution in [2.75, 3.05) is 33.2 Å². The average Bonchev–Trinajstić information content (AvgIpc) is 3.00. The fourth-order valence-corrected chi connectivity index (χ4v) is 2.56. The average molecular weight is 314 g/mol. The normalized spacial score (nSPS) is 17.0. The molecule has 0 bridgehead atoms. The van der Waals surface area contributed by atoms with E-state index in [-0.39, 0.29) is 12.4 Å². The number of halogens is 2. The number of piperidine rings is 1. The van der Waals surface area contributed by atoms with Crippen molar-refractivity contribution in [3.05, 3.63) is 18.2 Å². The van der Waals surface area contributed by atoms with E-state index in [2.05, 4.69) is 25.5 Å². The van der Waals surface area contributed by atoms with Crippen LogP contribution in [0.25, 0.3) is 0 Å². The molecule has 1 aromatic heterocycles. The lowest BCUT2D eigenvalue weighted by atomic mass is 10.1. The lowest BCUT2D eigenvalue weighted by Crippen LogP contribution is -2.42. The molecule has 0 aromatic carbocycles. The molecule has 2 rings (SSSR count). The van der Waals surface area contributed by atoms with Crippen LogP contribution in [0.2, 0.25) is 0 Å². The second-order valence-corrected chi connectivity index (χ2v) is 5.28. The molecule has 8 heteroatoms. The molecule has 22 heavy (non-hydrogen) atoms. The van der Waals surface area contributed by atoms with E-state index in [1.54, 1.807) is 7.05 Å². The maximum atomic E-state index is 12.7. The Kier molecular flexibility index (Phi) is 6.57. The van der Waals surface area contributed by atoms with Gasteiger partial charge in [-0.25, -0.2) is 4.98 Å². The Morgan fingerprint density at radius 2 is 2.09 bits per heavy atom. The topological polar surface area (TPSA) is 57.5 Å². The van der Waals surface area contributed by atoms with Gasteiger partial charge in [-0.3, -0.25) is 9.56 Å². The minimum atomic E-state index is -2.58. The zero-order chi connectivity index (χ0) is 15.8. The largest absolute Gasteiger partial charge is 0.355 e. The number of hydrogen-bond acceptors (Lipinski definition) is 3. The molecule has 1 aliphatic heterocycles. The Bertz CT molecular complexity index is 468. The van der Waals surface area contributed by atoms with Crippen LogP contribution in [-0.4, -0.2) is 53.6 Å². The molecule has 124 valence electrons. The molecule has 1 saturated heterocycles. The molecule has 0 amide bonds. The maximum absolute atomic E-state index is 12.7. The molecule has 0 spiro atoms. The van der Waals surface area contributed by atoms with Crippen LogP contribution in [0.4, 0.5) is 8.78 Å². The summed E-state index contributed by atoms with van der Waals surface area (Å²) < 4.78 is 26.3. The highest BCUT2D eigenvalue weighted by Gasteiger charge is 2.12. The number of alkyl halides is 2. The van der Waals surface area contributed by atoms with Crippen LogP contribution in [0.3, 0.4) is 0 Å². The van der Waals surface area contributed by atoms with Gasteiger partial charge < -0.3 is 15.5 Å². The van der Waals surface area contributed by atoms with Crippen molar-refractivity contribution in [1.82, 2.24) is 25.1 Å². The third-order valence-corrected chi connectivity index (χ3v) is 3.77. The zero-order valence-electron chi connectivity index (χ0n) is 12.9. The molecular weight excluding hydrogens is 290 g/mol. The number of likely N-dealkylation sites (tertiary alicyclic amines) is 1. The third kappa shape index (κ3) is 4.94. The number of guanidine groups is 1. The molecule has 0 unspecified atom stereocenters. The smallest absolute Gasteiger partial charge is 0.319 e. The van der Waals surface area contributed by atoms with Gasteiger partial charge in [-0.05, 0) is 25.9 Å². The lowest BCUT2D eigenvalue weighted by Gasteiger charge is -2.26. The van der Waals surface area contributed by atoms with Crippen LogP contribution in [-0.2, 0) is 6.54 Å². The molecule has 0 radical (unpaired) electrons. The summed E-state index contributed by atoms with van der Waals surface area (Å²) in [7, 11) is 1.66.